The van der Waals surface area contributed by atoms with Crippen LogP contribution in [-0.2, 0) is 11.3 Å². The summed E-state index contributed by atoms with van der Waals surface area (Å²) in [4.78, 5) is 4.69. The summed E-state index contributed by atoms with van der Waals surface area (Å²) in [6.45, 7) is 5.99. The third-order valence-electron chi connectivity index (χ3n) is 6.32. The number of ether oxygens (including phenoxy) is 1. The summed E-state index contributed by atoms with van der Waals surface area (Å²) in [5.41, 5.74) is 0.381. The van der Waals surface area contributed by atoms with Crippen molar-refractivity contribution in [2.75, 3.05) is 6.61 Å². The number of hydrogen-bond donors (Lipinski definition) is 1. The topological polar surface area (TPSA) is 52.0 Å². The smallest absolute Gasteiger partial charge is 0.147 e. The fraction of sp³-hybridized carbons (Fsp3) is 0.889. The highest BCUT2D eigenvalue weighted by Crippen LogP contribution is 2.54. The van der Waals surface area contributed by atoms with E-state index in [4.69, 9.17) is 9.72 Å². The van der Waals surface area contributed by atoms with Gasteiger partial charge in [0.1, 0.15) is 11.6 Å². The molecular formula is C18H30N4O. The van der Waals surface area contributed by atoms with Crippen molar-refractivity contribution in [3.8, 4) is 0 Å². The first kappa shape index (κ1) is 15.6. The van der Waals surface area contributed by atoms with Gasteiger partial charge in [0.15, 0.2) is 0 Å². The predicted molar refractivity (Wildman–Crippen MR) is 89.2 cm³/mol. The molecule has 2 aliphatic carbocycles. The molecule has 1 N–H and O–H groups in total. The second-order valence-electron chi connectivity index (χ2n) is 7.63. The Bertz CT molecular complexity index is 549. The zero-order valence-electron chi connectivity index (χ0n) is 14.6. The van der Waals surface area contributed by atoms with Gasteiger partial charge in [0.25, 0.3) is 0 Å². The van der Waals surface area contributed by atoms with E-state index in [1.807, 2.05) is 6.92 Å². The highest BCUT2D eigenvalue weighted by atomic mass is 16.5. The number of nitrogens with one attached hydrogen (secondary N) is 1. The van der Waals surface area contributed by atoms with Gasteiger partial charge in [0, 0.05) is 24.6 Å². The van der Waals surface area contributed by atoms with Gasteiger partial charge in [0.05, 0.1) is 12.1 Å². The van der Waals surface area contributed by atoms with Gasteiger partial charge in [-0.2, -0.15) is 5.10 Å². The zero-order chi connectivity index (χ0) is 15.9. The number of nitrogens with zero attached hydrogens (tertiary/aromatic N) is 3. The van der Waals surface area contributed by atoms with E-state index in [9.17, 15) is 0 Å². The van der Waals surface area contributed by atoms with Crippen LogP contribution in [0.15, 0.2) is 0 Å². The summed E-state index contributed by atoms with van der Waals surface area (Å²) in [5, 5.41) is 8.51. The maximum absolute atomic E-state index is 6.09. The third kappa shape index (κ3) is 2.62. The van der Waals surface area contributed by atoms with Crippen molar-refractivity contribution < 1.29 is 4.74 Å². The normalized spacial score (nSPS) is 32.5. The van der Waals surface area contributed by atoms with Crippen molar-refractivity contribution in [1.29, 1.82) is 0 Å². The van der Waals surface area contributed by atoms with Crippen LogP contribution in [0.5, 0.6) is 0 Å². The minimum absolute atomic E-state index is 0.372. The van der Waals surface area contributed by atoms with Gasteiger partial charge in [-0.15, -0.1) is 0 Å². The largest absolute Gasteiger partial charge is 0.378 e. The summed E-state index contributed by atoms with van der Waals surface area (Å²) in [5.74, 6) is 2.06. The molecule has 0 unspecified atom stereocenters. The molecule has 0 bridgehead atoms. The molecule has 2 saturated carbocycles. The van der Waals surface area contributed by atoms with Crippen LogP contribution in [0.1, 0.15) is 76.0 Å². The second kappa shape index (κ2) is 6.17. The van der Waals surface area contributed by atoms with Crippen LogP contribution in [-0.4, -0.2) is 33.5 Å². The molecule has 0 amide bonds. The maximum Gasteiger partial charge on any atom is 0.147 e. The third-order valence-corrected chi connectivity index (χ3v) is 6.32. The predicted octanol–water partition coefficient (Wildman–Crippen LogP) is 3.14. The van der Waals surface area contributed by atoms with Gasteiger partial charge in [-0.05, 0) is 46.0 Å². The molecule has 128 valence electrons. The van der Waals surface area contributed by atoms with Crippen LogP contribution in [0.2, 0.25) is 0 Å². The Hall–Kier alpha value is -0.940. The van der Waals surface area contributed by atoms with Crippen LogP contribution in [0.3, 0.4) is 0 Å². The van der Waals surface area contributed by atoms with Crippen LogP contribution >= 0.6 is 0 Å². The molecule has 5 nitrogen and oxygen atoms in total. The fourth-order valence-corrected chi connectivity index (χ4v) is 5.17. The lowest BCUT2D eigenvalue weighted by Crippen LogP contribution is -2.65. The Labute approximate surface area is 139 Å². The quantitative estimate of drug-likeness (QED) is 0.926. The Balaban J connectivity index is 1.50. The lowest BCUT2D eigenvalue weighted by Gasteiger charge is -2.58. The molecule has 3 atom stereocenters. The van der Waals surface area contributed by atoms with E-state index >= 15 is 0 Å². The fourth-order valence-electron chi connectivity index (χ4n) is 5.17. The molecule has 4 rings (SSSR count). The first-order valence-electron chi connectivity index (χ1n) is 9.52. The Kier molecular flexibility index (Phi) is 4.18. The summed E-state index contributed by atoms with van der Waals surface area (Å²) >= 11 is 0. The molecule has 0 aromatic carbocycles. The molecule has 1 aromatic heterocycles. The Morgan fingerprint density at radius 2 is 2.09 bits per heavy atom. The summed E-state index contributed by atoms with van der Waals surface area (Å²) in [6, 6.07) is 0.962. The van der Waals surface area contributed by atoms with Crippen LogP contribution < -0.4 is 5.32 Å². The number of aromatic nitrogens is 3. The van der Waals surface area contributed by atoms with Crippen molar-refractivity contribution in [1.82, 2.24) is 20.1 Å². The summed E-state index contributed by atoms with van der Waals surface area (Å²) < 4.78 is 8.20. The molecule has 2 heterocycles. The minimum atomic E-state index is 0.372. The first-order chi connectivity index (χ1) is 11.2. The standard InChI is InChI=1S/C18H30N4O/c1-3-23-16-12-15(18(16)9-5-4-6-10-18)20-14-8-7-11-22-17(14)19-13(2)21-22/h14-16,20H,3-12H2,1-2H3/t14-,15-,16+/m0/s1. The van der Waals surface area contributed by atoms with E-state index in [-0.39, 0.29) is 0 Å². The average molecular weight is 318 g/mol. The van der Waals surface area contributed by atoms with Crippen molar-refractivity contribution in [3.63, 3.8) is 0 Å². The van der Waals surface area contributed by atoms with Gasteiger partial charge in [-0.25, -0.2) is 9.67 Å². The highest BCUT2D eigenvalue weighted by Gasteiger charge is 2.56. The van der Waals surface area contributed by atoms with E-state index in [0.717, 1.165) is 31.2 Å². The molecule has 2 fully saturated rings. The number of rotatable bonds is 4. The van der Waals surface area contributed by atoms with Crippen molar-refractivity contribution in [2.24, 2.45) is 5.41 Å². The molecule has 3 aliphatic rings. The molecule has 1 aromatic rings. The summed E-state index contributed by atoms with van der Waals surface area (Å²) in [6.07, 6.45) is 10.8. The molecule has 5 heteroatoms. The van der Waals surface area contributed by atoms with Crippen LogP contribution in [0.4, 0.5) is 0 Å². The molecule has 1 spiro atoms. The SMILES string of the molecule is CCO[C@@H]1C[C@H](N[C@H]2CCCn3nc(C)nc32)C12CCCCC2. The van der Waals surface area contributed by atoms with Crippen molar-refractivity contribution >= 4 is 0 Å². The van der Waals surface area contributed by atoms with E-state index in [1.165, 1.54) is 44.9 Å². The van der Waals surface area contributed by atoms with E-state index in [0.29, 0.717) is 23.6 Å². The molecule has 0 saturated heterocycles. The monoisotopic (exact) mass is 318 g/mol. The van der Waals surface area contributed by atoms with Gasteiger partial charge >= 0.3 is 0 Å². The molecule has 1 aliphatic heterocycles. The molecule has 23 heavy (non-hydrogen) atoms. The number of aryl methyl sites for hydroxylation is 2. The van der Waals surface area contributed by atoms with Gasteiger partial charge < -0.3 is 10.1 Å². The molecular weight excluding hydrogens is 288 g/mol. The van der Waals surface area contributed by atoms with E-state index in [2.05, 4.69) is 22.0 Å². The van der Waals surface area contributed by atoms with Crippen LogP contribution in [0, 0.1) is 12.3 Å². The number of fused-ring (bicyclic) bond motifs is 1. The zero-order valence-corrected chi connectivity index (χ0v) is 14.6. The van der Waals surface area contributed by atoms with E-state index < -0.39 is 0 Å². The number of hydrogen-bond acceptors (Lipinski definition) is 4. The Morgan fingerprint density at radius 3 is 2.87 bits per heavy atom. The minimum Gasteiger partial charge on any atom is -0.378 e. The van der Waals surface area contributed by atoms with Gasteiger partial charge in [0.2, 0.25) is 0 Å². The lowest BCUT2D eigenvalue weighted by molar-refractivity contribution is -0.152. The van der Waals surface area contributed by atoms with Crippen molar-refractivity contribution in [2.45, 2.75) is 89.9 Å². The Morgan fingerprint density at radius 1 is 1.26 bits per heavy atom. The lowest BCUT2D eigenvalue weighted by atomic mass is 9.55. The van der Waals surface area contributed by atoms with E-state index in [1.54, 1.807) is 0 Å². The second-order valence-corrected chi connectivity index (χ2v) is 7.63. The molecule has 0 radical (unpaired) electrons. The van der Waals surface area contributed by atoms with Crippen LogP contribution in [0.25, 0.3) is 0 Å². The summed E-state index contributed by atoms with van der Waals surface area (Å²) in [7, 11) is 0. The van der Waals surface area contributed by atoms with Crippen molar-refractivity contribution in [3.05, 3.63) is 11.6 Å². The maximum atomic E-state index is 6.09. The average Bonchev–Trinajstić information content (AvgIpc) is 2.96. The first-order valence-corrected chi connectivity index (χ1v) is 9.52. The van der Waals surface area contributed by atoms with Gasteiger partial charge in [-0.3, -0.25) is 0 Å². The van der Waals surface area contributed by atoms with Gasteiger partial charge in [-0.1, -0.05) is 19.3 Å². The highest BCUT2D eigenvalue weighted by molar-refractivity contribution is 5.12.